The van der Waals surface area contributed by atoms with Gasteiger partial charge in [-0.3, -0.25) is 0 Å². The Kier molecular flexibility index (Phi) is 43.0. The molecule has 0 aliphatic carbocycles. The van der Waals surface area contributed by atoms with Crippen LogP contribution in [0.5, 0.6) is 0 Å². The molecule has 0 aliphatic heterocycles. The van der Waals surface area contributed by atoms with E-state index in [0.717, 1.165) is 25.4 Å². The number of hydrogen-bond acceptors (Lipinski definition) is 3. The van der Waals surface area contributed by atoms with Crippen molar-refractivity contribution in [1.82, 2.24) is 0 Å². The van der Waals surface area contributed by atoms with Crippen LogP contribution in [0.15, 0.2) is 0 Å². The van der Waals surface area contributed by atoms with E-state index in [1.165, 1.54) is 231 Å². The second-order valence-electron chi connectivity index (χ2n) is 15.8. The van der Waals surface area contributed by atoms with Crippen molar-refractivity contribution in [2.75, 3.05) is 19.4 Å². The van der Waals surface area contributed by atoms with E-state index in [2.05, 4.69) is 20.8 Å². The molecule has 4 heteroatoms. The molecule has 0 unspecified atom stereocenters. The second kappa shape index (κ2) is 42.7. The molecular weight excluding hydrogens is 619 g/mol. The monoisotopic (exact) mass is 714 g/mol. The lowest BCUT2D eigenvalue weighted by Crippen LogP contribution is -2.09. The van der Waals surface area contributed by atoms with Crippen LogP contribution in [0.3, 0.4) is 0 Å². The van der Waals surface area contributed by atoms with Crippen molar-refractivity contribution in [2.24, 2.45) is 0 Å². The molecule has 0 amide bonds. The van der Waals surface area contributed by atoms with Gasteiger partial charge in [0.25, 0.3) is 0 Å². The van der Waals surface area contributed by atoms with Crippen LogP contribution in [0.1, 0.15) is 271 Å². The maximum atomic E-state index is 11.4. The van der Waals surface area contributed by atoms with E-state index in [1.54, 1.807) is 0 Å². The molecule has 0 bridgehead atoms. The molecule has 296 valence electrons. The molecule has 0 aromatic heterocycles. The Balaban J connectivity index is 4.07. The van der Waals surface area contributed by atoms with E-state index in [-0.39, 0.29) is 0 Å². The lowest BCUT2D eigenvalue weighted by Gasteiger charge is -2.17. The van der Waals surface area contributed by atoms with Crippen molar-refractivity contribution in [3.05, 3.63) is 0 Å². The summed E-state index contributed by atoms with van der Waals surface area (Å²) in [5.41, 5.74) is 0. The van der Waals surface area contributed by atoms with Crippen molar-refractivity contribution in [3.63, 3.8) is 0 Å². The Morgan fingerprint density at radius 3 is 0.673 bits per heavy atom. The Hall–Kier alpha value is 0.310. The minimum atomic E-state index is -2.72. The first-order valence-corrected chi connectivity index (χ1v) is 24.8. The van der Waals surface area contributed by atoms with Crippen molar-refractivity contribution in [1.29, 1.82) is 0 Å². The predicted octanol–water partition coefficient (Wildman–Crippen LogP) is 17.0. The highest BCUT2D eigenvalue weighted by atomic mass is 31.2. The lowest BCUT2D eigenvalue weighted by molar-refractivity contribution is 0.169. The fraction of sp³-hybridized carbons (Fsp3) is 1.00. The number of rotatable bonds is 44. The maximum Gasteiger partial charge on any atom is 0.408 e. The summed E-state index contributed by atoms with van der Waals surface area (Å²) in [5.74, 6) is 0. The van der Waals surface area contributed by atoms with Crippen LogP contribution in [-0.2, 0) is 9.05 Å². The van der Waals surface area contributed by atoms with Gasteiger partial charge in [-0.1, -0.05) is 245 Å². The molecule has 0 aliphatic rings. The van der Waals surface area contributed by atoms with Gasteiger partial charge in [-0.05, 0) is 25.7 Å². The molecule has 0 fully saturated rings. The second-order valence-corrected chi connectivity index (χ2v) is 18.0. The van der Waals surface area contributed by atoms with E-state index in [9.17, 15) is 4.89 Å². The normalized spacial score (nSPS) is 12.0. The lowest BCUT2D eigenvalue weighted by atomic mass is 10.0. The van der Waals surface area contributed by atoms with E-state index >= 15 is 0 Å². The zero-order valence-electron chi connectivity index (χ0n) is 34.4. The SMILES string of the molecule is CCCCCCCCCCCCCCCO[P+](O)(CCCCCCCCCCCCCCC)OCCCCCCCCCCCCCCC. The molecule has 0 atom stereocenters. The topological polar surface area (TPSA) is 38.7 Å². The van der Waals surface area contributed by atoms with Gasteiger partial charge >= 0.3 is 7.94 Å². The van der Waals surface area contributed by atoms with Crippen LogP contribution in [0.25, 0.3) is 0 Å². The van der Waals surface area contributed by atoms with E-state index in [0.29, 0.717) is 13.2 Å². The Morgan fingerprint density at radius 2 is 0.449 bits per heavy atom. The molecular formula is C45H94O3P+. The van der Waals surface area contributed by atoms with Crippen molar-refractivity contribution in [3.8, 4) is 0 Å². The third-order valence-corrected chi connectivity index (χ3v) is 12.7. The molecule has 0 radical (unpaired) electrons. The van der Waals surface area contributed by atoms with Crippen molar-refractivity contribution >= 4 is 7.94 Å². The summed E-state index contributed by atoms with van der Waals surface area (Å²) in [6.07, 6.45) is 53.5. The van der Waals surface area contributed by atoms with Gasteiger partial charge in [0.15, 0.2) is 0 Å². The van der Waals surface area contributed by atoms with Gasteiger partial charge in [0, 0.05) is 0 Å². The molecule has 0 aromatic rings. The summed E-state index contributed by atoms with van der Waals surface area (Å²) in [6, 6.07) is 0. The van der Waals surface area contributed by atoms with Gasteiger partial charge in [0.2, 0.25) is 0 Å². The molecule has 0 heterocycles. The average Bonchev–Trinajstić information content (AvgIpc) is 3.10. The Labute approximate surface area is 311 Å². The standard InChI is InChI=1S/C45H94O3P/c1-4-7-10-13-16-19-22-25-28-31-34-37-40-43-47-49(46,45-42-39-36-33-30-27-24-21-18-15-12-9-6-3)48-44-41-38-35-32-29-26-23-20-17-14-11-8-5-2/h46H,4-45H2,1-3H3/q+1. The molecule has 1 N–H and O–H groups in total. The van der Waals surface area contributed by atoms with Gasteiger partial charge < -0.3 is 0 Å². The first kappa shape index (κ1) is 49.3. The predicted molar refractivity (Wildman–Crippen MR) is 223 cm³/mol. The fourth-order valence-corrected chi connectivity index (χ4v) is 8.93. The summed E-state index contributed by atoms with van der Waals surface area (Å²) < 4.78 is 12.4. The first-order chi connectivity index (χ1) is 24.2. The third-order valence-electron chi connectivity index (χ3n) is 10.6. The fourth-order valence-electron chi connectivity index (χ4n) is 7.15. The summed E-state index contributed by atoms with van der Waals surface area (Å²) >= 11 is 0. The van der Waals surface area contributed by atoms with Gasteiger partial charge in [-0.15, -0.1) is 0 Å². The average molecular weight is 714 g/mol. The van der Waals surface area contributed by atoms with E-state index < -0.39 is 7.94 Å². The minimum absolute atomic E-state index is 0.666. The van der Waals surface area contributed by atoms with Crippen LogP contribution in [-0.4, -0.2) is 24.3 Å². The van der Waals surface area contributed by atoms with Crippen molar-refractivity contribution < 1.29 is 13.9 Å². The van der Waals surface area contributed by atoms with Crippen molar-refractivity contribution in [2.45, 2.75) is 271 Å². The molecule has 0 saturated heterocycles. The maximum absolute atomic E-state index is 11.4. The zero-order chi connectivity index (χ0) is 35.6. The zero-order valence-corrected chi connectivity index (χ0v) is 35.3. The minimum Gasteiger partial charge on any atom is -0.193 e. The van der Waals surface area contributed by atoms with Gasteiger partial charge in [0.1, 0.15) is 6.16 Å². The highest BCUT2D eigenvalue weighted by Gasteiger charge is 2.39. The molecule has 0 rings (SSSR count). The summed E-state index contributed by atoms with van der Waals surface area (Å²) in [5, 5.41) is 0. The molecule has 3 nitrogen and oxygen atoms in total. The summed E-state index contributed by atoms with van der Waals surface area (Å²) in [6.45, 7) is 8.22. The van der Waals surface area contributed by atoms with Crippen LogP contribution in [0.4, 0.5) is 0 Å². The Morgan fingerprint density at radius 1 is 0.265 bits per heavy atom. The third kappa shape index (κ3) is 40.9. The highest BCUT2D eigenvalue weighted by molar-refractivity contribution is 7.60. The number of hydrogen-bond donors (Lipinski definition) is 1. The number of unbranched alkanes of at least 4 members (excludes halogenated alkanes) is 36. The molecule has 0 saturated carbocycles. The van der Waals surface area contributed by atoms with Gasteiger partial charge in [-0.25, -0.2) is 0 Å². The molecule has 0 aromatic carbocycles. The first-order valence-electron chi connectivity index (χ1n) is 23.1. The van der Waals surface area contributed by atoms with Crippen LogP contribution >= 0.6 is 7.94 Å². The van der Waals surface area contributed by atoms with Crippen LogP contribution < -0.4 is 0 Å². The van der Waals surface area contributed by atoms with Crippen LogP contribution in [0, 0.1) is 0 Å². The summed E-state index contributed by atoms with van der Waals surface area (Å²) in [4.78, 5) is 11.4. The van der Waals surface area contributed by atoms with E-state index in [1.807, 2.05) is 0 Å². The quantitative estimate of drug-likeness (QED) is 0.0505. The van der Waals surface area contributed by atoms with Crippen LogP contribution in [0.2, 0.25) is 0 Å². The smallest absolute Gasteiger partial charge is 0.193 e. The van der Waals surface area contributed by atoms with Gasteiger partial charge in [0.05, 0.1) is 13.2 Å². The Bertz CT molecular complexity index is 554. The highest BCUT2D eigenvalue weighted by Crippen LogP contribution is 2.57. The molecule has 0 spiro atoms. The molecule has 49 heavy (non-hydrogen) atoms. The largest absolute Gasteiger partial charge is 0.408 e. The van der Waals surface area contributed by atoms with E-state index in [4.69, 9.17) is 9.05 Å². The van der Waals surface area contributed by atoms with Gasteiger partial charge in [-0.2, -0.15) is 13.9 Å². The summed E-state index contributed by atoms with van der Waals surface area (Å²) in [7, 11) is -2.72.